The van der Waals surface area contributed by atoms with Gasteiger partial charge in [0.1, 0.15) is 14.5 Å². The molecular formula is C33H30Cl2F4N6O4S2. The van der Waals surface area contributed by atoms with E-state index in [9.17, 15) is 36.7 Å². The Balaban J connectivity index is 0.000000199. The number of hydrogen-bond donors (Lipinski definition) is 4. The van der Waals surface area contributed by atoms with E-state index in [2.05, 4.69) is 31.2 Å². The lowest BCUT2D eigenvalue weighted by Crippen LogP contribution is -2.22. The topological polar surface area (TPSA) is 142 Å². The van der Waals surface area contributed by atoms with E-state index in [1.54, 1.807) is 0 Å². The van der Waals surface area contributed by atoms with Crippen LogP contribution in [0.5, 0.6) is 0 Å². The smallest absolute Gasteiger partial charge is 0.307 e. The lowest BCUT2D eigenvalue weighted by molar-refractivity contribution is -0.137. The van der Waals surface area contributed by atoms with Gasteiger partial charge < -0.3 is 10.6 Å². The van der Waals surface area contributed by atoms with E-state index >= 15 is 0 Å². The number of aromatic nitrogens is 2. The van der Waals surface area contributed by atoms with E-state index in [0.717, 1.165) is 79.4 Å². The molecule has 0 radical (unpaired) electrons. The van der Waals surface area contributed by atoms with Gasteiger partial charge in [-0.1, -0.05) is 71.6 Å². The highest BCUT2D eigenvalue weighted by Crippen LogP contribution is 2.36. The lowest BCUT2D eigenvalue weighted by Gasteiger charge is -2.16. The molecule has 51 heavy (non-hydrogen) atoms. The van der Waals surface area contributed by atoms with Crippen molar-refractivity contribution in [2.45, 2.75) is 57.5 Å². The number of hydrogen-bond acceptors (Lipinski definition) is 8. The highest BCUT2D eigenvalue weighted by molar-refractivity contribution is 7.19. The number of nitrogens with one attached hydrogen (secondary N) is 4. The number of carbonyl (C=O) groups excluding carboxylic acids is 4. The van der Waals surface area contributed by atoms with E-state index in [1.807, 2.05) is 0 Å². The fourth-order valence-electron chi connectivity index (χ4n) is 5.80. The third-order valence-electron chi connectivity index (χ3n) is 8.20. The van der Waals surface area contributed by atoms with Gasteiger partial charge in [-0.2, -0.15) is 13.2 Å². The summed E-state index contributed by atoms with van der Waals surface area (Å²) in [5, 5.41) is 10.5. The molecule has 0 unspecified atom stereocenters. The second-order valence-corrected chi connectivity index (χ2v) is 15.1. The number of alkyl halides is 3. The molecule has 6 rings (SSSR count). The molecule has 0 bridgehead atoms. The van der Waals surface area contributed by atoms with Gasteiger partial charge in [0.25, 0.3) is 0 Å². The summed E-state index contributed by atoms with van der Waals surface area (Å²) in [5.74, 6) is -1.44. The maximum Gasteiger partial charge on any atom is 0.416 e. The zero-order valence-electron chi connectivity index (χ0n) is 26.5. The highest BCUT2D eigenvalue weighted by atomic mass is 35.5. The van der Waals surface area contributed by atoms with Crippen LogP contribution < -0.4 is 21.3 Å². The Labute approximate surface area is 307 Å². The van der Waals surface area contributed by atoms with Crippen molar-refractivity contribution in [3.05, 3.63) is 80.0 Å². The standard InChI is InChI=1S/C17H15ClF3N3O2S.C16H15ClFN3O2S/c18-13-8-22-16(27-13)24-15(26)23-12-6-5-10(17(19,20)21)7-11(12)14(25)9-3-1-2-4-9;17-13-8-19-16(24-13)21-15(23)20-12-6-5-10(18)7-11(12)14(22)9-3-1-2-4-9/h5-9H,1-4H2,(H2,22,23,24,26);5-9H,1-4H2,(H2,19,20,21,23). The van der Waals surface area contributed by atoms with Crippen LogP contribution in [-0.4, -0.2) is 33.6 Å². The van der Waals surface area contributed by atoms with Gasteiger partial charge in [-0.3, -0.25) is 20.2 Å². The lowest BCUT2D eigenvalue weighted by atomic mass is 9.93. The molecule has 2 aromatic carbocycles. The summed E-state index contributed by atoms with van der Waals surface area (Å²) in [6.45, 7) is 0. The number of ketones is 2. The Morgan fingerprint density at radius 1 is 0.667 bits per heavy atom. The van der Waals surface area contributed by atoms with E-state index < -0.39 is 29.6 Å². The average molecular weight is 786 g/mol. The quantitative estimate of drug-likeness (QED) is 0.103. The number of nitrogens with zero attached hydrogens (tertiary/aromatic N) is 2. The maximum atomic E-state index is 13.6. The minimum atomic E-state index is -4.58. The Morgan fingerprint density at radius 2 is 1.10 bits per heavy atom. The summed E-state index contributed by atoms with van der Waals surface area (Å²) in [5.41, 5.74) is -0.548. The molecule has 2 fully saturated rings. The van der Waals surface area contributed by atoms with Crippen LogP contribution in [0.15, 0.2) is 48.8 Å². The fourth-order valence-corrected chi connectivity index (χ4v) is 7.42. The molecule has 4 N–H and O–H groups in total. The molecule has 0 saturated heterocycles. The zero-order valence-corrected chi connectivity index (χ0v) is 29.7. The SMILES string of the molecule is O=C(Nc1ncc(Cl)s1)Nc1ccc(C(F)(F)F)cc1C(=O)C1CCCC1.O=C(Nc1ncc(Cl)s1)Nc1ccc(F)cc1C(=O)C1CCCC1. The molecule has 18 heteroatoms. The van der Waals surface area contributed by atoms with Crippen molar-refractivity contribution >= 4 is 91.1 Å². The number of carbonyl (C=O) groups is 4. The third kappa shape index (κ3) is 10.5. The molecule has 270 valence electrons. The first-order valence-corrected chi connectivity index (χ1v) is 18.1. The number of rotatable bonds is 8. The Kier molecular flexibility index (Phi) is 12.7. The second kappa shape index (κ2) is 16.9. The minimum Gasteiger partial charge on any atom is -0.307 e. The summed E-state index contributed by atoms with van der Waals surface area (Å²) in [7, 11) is 0. The van der Waals surface area contributed by atoms with E-state index in [-0.39, 0.29) is 51.0 Å². The zero-order chi connectivity index (χ0) is 36.7. The minimum absolute atomic E-state index is 0.0278. The summed E-state index contributed by atoms with van der Waals surface area (Å²) in [6, 6.07) is 5.23. The molecule has 2 aliphatic rings. The molecule has 2 saturated carbocycles. The predicted octanol–water partition coefficient (Wildman–Crippen LogP) is 10.8. The van der Waals surface area contributed by atoms with Crippen LogP contribution in [-0.2, 0) is 6.18 Å². The van der Waals surface area contributed by atoms with Crippen LogP contribution in [0.25, 0.3) is 0 Å². The average Bonchev–Trinajstić information content (AvgIpc) is 3.91. The van der Waals surface area contributed by atoms with Gasteiger partial charge in [-0.15, -0.1) is 0 Å². The number of amides is 4. The molecule has 2 aliphatic carbocycles. The van der Waals surface area contributed by atoms with Gasteiger partial charge in [0.15, 0.2) is 21.8 Å². The maximum absolute atomic E-state index is 13.6. The number of benzene rings is 2. The van der Waals surface area contributed by atoms with Gasteiger partial charge in [-0.25, -0.2) is 23.9 Å². The Hall–Kier alpha value is -4.12. The van der Waals surface area contributed by atoms with Crippen molar-refractivity contribution in [2.24, 2.45) is 11.8 Å². The van der Waals surface area contributed by atoms with E-state index in [1.165, 1.54) is 30.6 Å². The van der Waals surface area contributed by atoms with Crippen molar-refractivity contribution in [1.82, 2.24) is 9.97 Å². The van der Waals surface area contributed by atoms with Gasteiger partial charge in [-0.05, 0) is 62.1 Å². The number of urea groups is 2. The third-order valence-corrected chi connectivity index (χ3v) is 10.3. The summed E-state index contributed by atoms with van der Waals surface area (Å²) >= 11 is 13.6. The monoisotopic (exact) mass is 784 g/mol. The fraction of sp³-hybridized carbons (Fsp3) is 0.333. The molecule has 4 amide bonds. The largest absolute Gasteiger partial charge is 0.416 e. The van der Waals surface area contributed by atoms with Crippen LogP contribution in [0, 0.1) is 17.7 Å². The van der Waals surface area contributed by atoms with Crippen molar-refractivity contribution in [3.63, 3.8) is 0 Å². The molecular weight excluding hydrogens is 755 g/mol. The van der Waals surface area contributed by atoms with Crippen LogP contribution >= 0.6 is 45.9 Å². The second-order valence-electron chi connectivity index (χ2n) is 11.7. The molecule has 2 aromatic heterocycles. The van der Waals surface area contributed by atoms with Gasteiger partial charge >= 0.3 is 18.2 Å². The van der Waals surface area contributed by atoms with Crippen LogP contribution in [0.4, 0.5) is 48.8 Å². The molecule has 10 nitrogen and oxygen atoms in total. The molecule has 0 aliphatic heterocycles. The van der Waals surface area contributed by atoms with Crippen molar-refractivity contribution in [1.29, 1.82) is 0 Å². The van der Waals surface area contributed by atoms with Gasteiger partial charge in [0.05, 0.1) is 29.3 Å². The van der Waals surface area contributed by atoms with Crippen LogP contribution in [0.2, 0.25) is 8.67 Å². The molecule has 2 heterocycles. The van der Waals surface area contributed by atoms with Crippen molar-refractivity contribution in [3.8, 4) is 0 Å². The van der Waals surface area contributed by atoms with Crippen molar-refractivity contribution in [2.75, 3.05) is 21.3 Å². The molecule has 0 atom stereocenters. The van der Waals surface area contributed by atoms with Gasteiger partial charge in [0, 0.05) is 23.0 Å². The molecule has 0 spiro atoms. The van der Waals surface area contributed by atoms with E-state index in [0.29, 0.717) is 26.6 Å². The Morgan fingerprint density at radius 3 is 1.51 bits per heavy atom. The van der Waals surface area contributed by atoms with Crippen LogP contribution in [0.1, 0.15) is 77.6 Å². The first kappa shape index (κ1) is 38.1. The number of halogens is 6. The molecule has 4 aromatic rings. The van der Waals surface area contributed by atoms with Crippen LogP contribution in [0.3, 0.4) is 0 Å². The number of anilines is 4. The van der Waals surface area contributed by atoms with E-state index in [4.69, 9.17) is 23.2 Å². The first-order valence-electron chi connectivity index (χ1n) is 15.7. The van der Waals surface area contributed by atoms with Crippen molar-refractivity contribution < 1.29 is 36.7 Å². The Bertz CT molecular complexity index is 1910. The number of Topliss-reactive ketones (excluding diaryl/α,β-unsaturated/α-hetero) is 2. The highest BCUT2D eigenvalue weighted by Gasteiger charge is 2.34. The van der Waals surface area contributed by atoms with Gasteiger partial charge in [0.2, 0.25) is 0 Å². The predicted molar refractivity (Wildman–Crippen MR) is 190 cm³/mol. The number of thiazole rings is 2. The summed E-state index contributed by atoms with van der Waals surface area (Å²) in [6.07, 6.45) is 4.81. The first-order chi connectivity index (χ1) is 24.3. The summed E-state index contributed by atoms with van der Waals surface area (Å²) < 4.78 is 53.6. The normalized spacial score (nSPS) is 14.8. The summed E-state index contributed by atoms with van der Waals surface area (Å²) in [4.78, 5) is 57.3.